The van der Waals surface area contributed by atoms with Crippen LogP contribution in [-0.4, -0.2) is 11.5 Å². The molecule has 100 valence electrons. The predicted molar refractivity (Wildman–Crippen MR) is 75.8 cm³/mol. The van der Waals surface area contributed by atoms with Gasteiger partial charge in [0.25, 0.3) is 6.01 Å². The van der Waals surface area contributed by atoms with Gasteiger partial charge in [0.05, 0.1) is 0 Å². The molecule has 1 heterocycles. The van der Waals surface area contributed by atoms with Gasteiger partial charge in [-0.2, -0.15) is 4.98 Å². The van der Waals surface area contributed by atoms with Crippen LogP contribution in [0.15, 0.2) is 22.6 Å². The van der Waals surface area contributed by atoms with Gasteiger partial charge in [0, 0.05) is 18.3 Å². The number of oxazole rings is 1. The van der Waals surface area contributed by atoms with Crippen molar-refractivity contribution in [2.24, 2.45) is 17.8 Å². The molecule has 4 rings (SSSR count). The van der Waals surface area contributed by atoms with Crippen molar-refractivity contribution in [3.8, 4) is 0 Å². The first-order valence-electron chi connectivity index (χ1n) is 7.18. The molecule has 1 aromatic heterocycles. The smallest absolute Gasteiger partial charge is 0.295 e. The lowest BCUT2D eigenvalue weighted by molar-refractivity contribution is 0.346. The number of nitrogen functional groups attached to an aromatic ring is 1. The van der Waals surface area contributed by atoms with Crippen molar-refractivity contribution in [3.63, 3.8) is 0 Å². The third-order valence-corrected chi connectivity index (χ3v) is 4.81. The van der Waals surface area contributed by atoms with Crippen LogP contribution in [-0.2, 0) is 0 Å². The summed E-state index contributed by atoms with van der Waals surface area (Å²) >= 11 is 0. The Kier molecular flexibility index (Phi) is 2.43. The van der Waals surface area contributed by atoms with Gasteiger partial charge in [-0.05, 0) is 49.1 Å². The number of benzene rings is 1. The maximum absolute atomic E-state index is 5.74. The first kappa shape index (κ1) is 11.1. The molecule has 0 saturated heterocycles. The van der Waals surface area contributed by atoms with Gasteiger partial charge in [-0.1, -0.05) is 6.42 Å². The molecule has 4 heteroatoms. The number of anilines is 2. The summed E-state index contributed by atoms with van der Waals surface area (Å²) in [7, 11) is 0. The van der Waals surface area contributed by atoms with Crippen molar-refractivity contribution in [3.05, 3.63) is 18.2 Å². The van der Waals surface area contributed by atoms with E-state index >= 15 is 0 Å². The second-order valence-corrected chi connectivity index (χ2v) is 6.06. The van der Waals surface area contributed by atoms with Crippen molar-refractivity contribution < 1.29 is 4.42 Å². The summed E-state index contributed by atoms with van der Waals surface area (Å²) in [5.74, 6) is 2.72. The average molecular weight is 257 g/mol. The highest BCUT2D eigenvalue weighted by atomic mass is 16.4. The summed E-state index contributed by atoms with van der Waals surface area (Å²) in [4.78, 5) is 4.44. The average Bonchev–Trinajstić information content (AvgIpc) is 3.09. The second-order valence-electron chi connectivity index (χ2n) is 6.06. The van der Waals surface area contributed by atoms with Crippen molar-refractivity contribution in [2.45, 2.75) is 25.7 Å². The lowest BCUT2D eigenvalue weighted by Gasteiger charge is -2.21. The van der Waals surface area contributed by atoms with Crippen LogP contribution >= 0.6 is 0 Å². The van der Waals surface area contributed by atoms with Gasteiger partial charge in [0.1, 0.15) is 5.52 Å². The number of fused-ring (bicyclic) bond motifs is 3. The third-order valence-electron chi connectivity index (χ3n) is 4.81. The van der Waals surface area contributed by atoms with Gasteiger partial charge in [-0.3, -0.25) is 0 Å². The minimum atomic E-state index is 0.628. The molecule has 2 aliphatic rings. The topological polar surface area (TPSA) is 64.1 Å². The van der Waals surface area contributed by atoms with E-state index in [0.717, 1.165) is 35.4 Å². The Morgan fingerprint density at radius 1 is 1.32 bits per heavy atom. The number of nitrogens with two attached hydrogens (primary N) is 1. The molecule has 3 atom stereocenters. The summed E-state index contributed by atoms with van der Waals surface area (Å²) in [5, 5.41) is 3.36. The van der Waals surface area contributed by atoms with Crippen LogP contribution in [0.4, 0.5) is 11.7 Å². The van der Waals surface area contributed by atoms with Crippen molar-refractivity contribution in [1.82, 2.24) is 4.98 Å². The molecule has 2 fully saturated rings. The molecular formula is C15H19N3O. The van der Waals surface area contributed by atoms with Crippen molar-refractivity contribution in [1.29, 1.82) is 0 Å². The van der Waals surface area contributed by atoms with Crippen LogP contribution < -0.4 is 11.1 Å². The number of nitrogens with one attached hydrogen (secondary N) is 1. The minimum absolute atomic E-state index is 0.628. The van der Waals surface area contributed by atoms with Gasteiger partial charge < -0.3 is 15.5 Å². The van der Waals surface area contributed by atoms with E-state index in [1.807, 2.05) is 18.2 Å². The largest absolute Gasteiger partial charge is 0.423 e. The van der Waals surface area contributed by atoms with Gasteiger partial charge in [-0.25, -0.2) is 0 Å². The van der Waals surface area contributed by atoms with Gasteiger partial charge in [-0.15, -0.1) is 0 Å². The van der Waals surface area contributed by atoms with Crippen molar-refractivity contribution in [2.75, 3.05) is 17.6 Å². The van der Waals surface area contributed by atoms with E-state index in [-0.39, 0.29) is 0 Å². The lowest BCUT2D eigenvalue weighted by Crippen LogP contribution is -2.20. The van der Waals surface area contributed by atoms with Crippen LogP contribution in [0.2, 0.25) is 0 Å². The van der Waals surface area contributed by atoms with Crippen LogP contribution in [0.3, 0.4) is 0 Å². The van der Waals surface area contributed by atoms with Gasteiger partial charge in [0.15, 0.2) is 5.58 Å². The van der Waals surface area contributed by atoms with E-state index in [0.29, 0.717) is 11.7 Å². The molecular weight excluding hydrogens is 238 g/mol. The van der Waals surface area contributed by atoms with Crippen molar-refractivity contribution >= 4 is 22.8 Å². The van der Waals surface area contributed by atoms with E-state index < -0.39 is 0 Å². The Morgan fingerprint density at radius 3 is 3.05 bits per heavy atom. The van der Waals surface area contributed by atoms with E-state index in [2.05, 4.69) is 10.3 Å². The molecule has 0 spiro atoms. The molecule has 2 bridgehead atoms. The Labute approximate surface area is 112 Å². The number of hydrogen-bond donors (Lipinski definition) is 2. The minimum Gasteiger partial charge on any atom is -0.423 e. The van der Waals surface area contributed by atoms with E-state index in [1.54, 1.807) is 0 Å². The Bertz CT molecular complexity index is 606. The molecule has 2 aromatic rings. The SMILES string of the molecule is Nc1ccc2nc(NCC3CC4CCC3C4)oc2c1. The molecule has 3 N–H and O–H groups in total. The number of hydrogen-bond acceptors (Lipinski definition) is 4. The fraction of sp³-hybridized carbons (Fsp3) is 0.533. The highest BCUT2D eigenvalue weighted by Gasteiger charge is 2.39. The zero-order valence-electron chi connectivity index (χ0n) is 10.9. The molecule has 3 unspecified atom stereocenters. The lowest BCUT2D eigenvalue weighted by atomic mass is 9.89. The number of aromatic nitrogens is 1. The third kappa shape index (κ3) is 1.95. The summed E-state index contributed by atoms with van der Waals surface area (Å²) in [6.07, 6.45) is 5.69. The fourth-order valence-electron chi connectivity index (χ4n) is 3.86. The van der Waals surface area contributed by atoms with Crippen LogP contribution in [0.25, 0.3) is 11.1 Å². The Morgan fingerprint density at radius 2 is 2.26 bits per heavy atom. The van der Waals surface area contributed by atoms with E-state index in [9.17, 15) is 0 Å². The zero-order valence-corrected chi connectivity index (χ0v) is 10.9. The summed E-state index contributed by atoms with van der Waals surface area (Å²) in [6.45, 7) is 0.990. The van der Waals surface area contributed by atoms with Crippen LogP contribution in [0.1, 0.15) is 25.7 Å². The van der Waals surface area contributed by atoms with E-state index in [1.165, 1.54) is 25.7 Å². The predicted octanol–water partition coefficient (Wildman–Crippen LogP) is 3.26. The molecule has 2 aliphatic carbocycles. The molecule has 0 aliphatic heterocycles. The monoisotopic (exact) mass is 257 g/mol. The number of nitrogens with zero attached hydrogens (tertiary/aromatic N) is 1. The summed E-state index contributed by atoms with van der Waals surface area (Å²) in [6, 6.07) is 6.20. The second kappa shape index (κ2) is 4.15. The van der Waals surface area contributed by atoms with Crippen LogP contribution in [0, 0.1) is 17.8 Å². The quantitative estimate of drug-likeness (QED) is 0.828. The molecule has 4 nitrogen and oxygen atoms in total. The summed E-state index contributed by atoms with van der Waals surface area (Å²) in [5.41, 5.74) is 8.08. The first-order chi connectivity index (χ1) is 9.28. The van der Waals surface area contributed by atoms with E-state index in [4.69, 9.17) is 10.2 Å². The van der Waals surface area contributed by atoms with Gasteiger partial charge >= 0.3 is 0 Å². The maximum atomic E-state index is 5.74. The first-order valence-corrected chi connectivity index (χ1v) is 7.18. The zero-order chi connectivity index (χ0) is 12.8. The molecule has 0 amide bonds. The highest BCUT2D eigenvalue weighted by molar-refractivity contribution is 5.78. The molecule has 19 heavy (non-hydrogen) atoms. The fourth-order valence-corrected chi connectivity index (χ4v) is 3.86. The van der Waals surface area contributed by atoms with Gasteiger partial charge in [0.2, 0.25) is 0 Å². The Hall–Kier alpha value is -1.71. The summed E-state index contributed by atoms with van der Waals surface area (Å²) < 4.78 is 5.69. The molecule has 2 saturated carbocycles. The maximum Gasteiger partial charge on any atom is 0.295 e. The molecule has 0 radical (unpaired) electrons. The Balaban J connectivity index is 1.46. The number of rotatable bonds is 3. The standard InChI is InChI=1S/C15H19N3O/c16-12-3-4-13-14(7-12)19-15(18-13)17-8-11-6-9-1-2-10(11)5-9/h3-4,7,9-11H,1-2,5-6,8,16H2,(H,17,18). The van der Waals surface area contributed by atoms with Crippen LogP contribution in [0.5, 0.6) is 0 Å². The highest BCUT2D eigenvalue weighted by Crippen LogP contribution is 2.48. The molecule has 1 aromatic carbocycles. The normalized spacial score (nSPS) is 29.2.